The predicted molar refractivity (Wildman–Crippen MR) is 110 cm³/mol. The lowest BCUT2D eigenvalue weighted by molar-refractivity contribution is -0.122. The number of ketones is 1. The number of nitrogens with zero attached hydrogens (tertiary/aromatic N) is 2. The van der Waals surface area contributed by atoms with Gasteiger partial charge < -0.3 is 9.88 Å². The van der Waals surface area contributed by atoms with Gasteiger partial charge in [-0.2, -0.15) is 0 Å². The van der Waals surface area contributed by atoms with Gasteiger partial charge in [0.15, 0.2) is 20.8 Å². The van der Waals surface area contributed by atoms with Crippen LogP contribution in [-0.4, -0.2) is 47.2 Å². The van der Waals surface area contributed by atoms with Crippen molar-refractivity contribution in [3.05, 3.63) is 64.8 Å². The molecule has 3 aromatic rings. The molecule has 1 N–H and O–H groups in total. The summed E-state index contributed by atoms with van der Waals surface area (Å²) < 4.78 is 37.9. The Morgan fingerprint density at radius 3 is 2.63 bits per heavy atom. The number of benzene rings is 1. The van der Waals surface area contributed by atoms with Crippen molar-refractivity contribution >= 4 is 44.0 Å². The number of sulfone groups is 1. The largest absolute Gasteiger partial charge is 0.351 e. The van der Waals surface area contributed by atoms with Gasteiger partial charge in [0.2, 0.25) is 5.91 Å². The standard InChI is InChI=1S/C20H17ClFN3O4S/c21-20-18-15(5-7-23-20)16(19(27)12-1-3-13(22)4-2-12)9-25(18)10-17(26)24-14-6-8-30(28,29)11-14/h1-5,7,9,14H,6,8,10-11H2,(H,24,26)/t14-/m0/s1. The fourth-order valence-corrected chi connectivity index (χ4v) is 5.55. The quantitative estimate of drug-likeness (QED) is 0.476. The highest BCUT2D eigenvalue weighted by molar-refractivity contribution is 7.91. The van der Waals surface area contributed by atoms with E-state index in [4.69, 9.17) is 11.6 Å². The molecule has 1 atom stereocenters. The number of rotatable bonds is 5. The minimum absolute atomic E-state index is 0.0520. The summed E-state index contributed by atoms with van der Waals surface area (Å²) in [6.45, 7) is -0.158. The molecule has 1 aliphatic rings. The number of nitrogens with one attached hydrogen (secondary N) is 1. The average molecular weight is 450 g/mol. The van der Waals surface area contributed by atoms with Gasteiger partial charge >= 0.3 is 0 Å². The highest BCUT2D eigenvalue weighted by Gasteiger charge is 2.29. The molecule has 0 spiro atoms. The zero-order valence-electron chi connectivity index (χ0n) is 15.6. The van der Waals surface area contributed by atoms with Crippen molar-refractivity contribution < 1.29 is 22.4 Å². The van der Waals surface area contributed by atoms with E-state index in [1.54, 1.807) is 6.07 Å². The zero-order valence-corrected chi connectivity index (χ0v) is 17.2. The second-order valence-electron chi connectivity index (χ2n) is 7.17. The molecule has 156 valence electrons. The van der Waals surface area contributed by atoms with Crippen LogP contribution in [0.25, 0.3) is 10.9 Å². The van der Waals surface area contributed by atoms with Crippen LogP contribution in [0.1, 0.15) is 22.3 Å². The minimum Gasteiger partial charge on any atom is -0.351 e. The second kappa shape index (κ2) is 7.81. The molecule has 0 unspecified atom stereocenters. The van der Waals surface area contributed by atoms with E-state index in [1.165, 1.54) is 41.2 Å². The number of aromatic nitrogens is 2. The number of amides is 1. The number of pyridine rings is 1. The summed E-state index contributed by atoms with van der Waals surface area (Å²) in [4.78, 5) is 29.5. The molecule has 0 radical (unpaired) electrons. The highest BCUT2D eigenvalue weighted by Crippen LogP contribution is 2.28. The Hall–Kier alpha value is -2.78. The third kappa shape index (κ3) is 4.08. The number of hydrogen-bond acceptors (Lipinski definition) is 5. The lowest BCUT2D eigenvalue weighted by Crippen LogP contribution is -2.37. The van der Waals surface area contributed by atoms with Crippen LogP contribution in [0.3, 0.4) is 0 Å². The molecule has 10 heteroatoms. The van der Waals surface area contributed by atoms with E-state index in [2.05, 4.69) is 10.3 Å². The normalized spacial score (nSPS) is 17.9. The van der Waals surface area contributed by atoms with Crippen molar-refractivity contribution in [3.63, 3.8) is 0 Å². The maximum atomic E-state index is 13.2. The lowest BCUT2D eigenvalue weighted by atomic mass is 10.0. The van der Waals surface area contributed by atoms with Crippen LogP contribution >= 0.6 is 11.6 Å². The molecule has 1 aliphatic heterocycles. The summed E-state index contributed by atoms with van der Waals surface area (Å²) >= 11 is 6.23. The van der Waals surface area contributed by atoms with Crippen molar-refractivity contribution in [1.29, 1.82) is 0 Å². The van der Waals surface area contributed by atoms with Gasteiger partial charge in [-0.15, -0.1) is 0 Å². The Morgan fingerprint density at radius 2 is 1.97 bits per heavy atom. The molecule has 7 nitrogen and oxygen atoms in total. The first-order valence-corrected chi connectivity index (χ1v) is 11.4. The Balaban J connectivity index is 1.64. The van der Waals surface area contributed by atoms with Gasteiger partial charge in [0.05, 0.1) is 17.0 Å². The lowest BCUT2D eigenvalue weighted by Gasteiger charge is -2.12. The number of carbonyl (C=O) groups excluding carboxylic acids is 2. The van der Waals surface area contributed by atoms with Crippen molar-refractivity contribution in [3.8, 4) is 0 Å². The molecule has 0 aliphatic carbocycles. The number of hydrogen-bond donors (Lipinski definition) is 1. The van der Waals surface area contributed by atoms with Gasteiger partial charge in [-0.25, -0.2) is 17.8 Å². The van der Waals surface area contributed by atoms with E-state index < -0.39 is 27.6 Å². The van der Waals surface area contributed by atoms with E-state index in [0.29, 0.717) is 28.5 Å². The molecule has 1 fully saturated rings. The van der Waals surface area contributed by atoms with E-state index >= 15 is 0 Å². The molecule has 30 heavy (non-hydrogen) atoms. The fourth-order valence-electron chi connectivity index (χ4n) is 3.61. The summed E-state index contributed by atoms with van der Waals surface area (Å²) in [5.74, 6) is -1.22. The van der Waals surface area contributed by atoms with Crippen LogP contribution < -0.4 is 5.32 Å². The minimum atomic E-state index is -3.12. The molecular weight excluding hydrogens is 433 g/mol. The molecule has 1 amide bonds. The molecule has 1 saturated heterocycles. The molecule has 2 aromatic heterocycles. The monoisotopic (exact) mass is 449 g/mol. The third-order valence-corrected chi connectivity index (χ3v) is 7.05. The van der Waals surface area contributed by atoms with Crippen molar-refractivity contribution in [2.45, 2.75) is 19.0 Å². The van der Waals surface area contributed by atoms with Crippen molar-refractivity contribution in [2.24, 2.45) is 0 Å². The first-order valence-electron chi connectivity index (χ1n) is 9.17. The van der Waals surface area contributed by atoms with Crippen LogP contribution in [0.4, 0.5) is 4.39 Å². The van der Waals surface area contributed by atoms with E-state index in [1.807, 2.05) is 0 Å². The summed E-state index contributed by atoms with van der Waals surface area (Å²) in [5, 5.41) is 3.36. The van der Waals surface area contributed by atoms with Gasteiger partial charge in [-0.3, -0.25) is 9.59 Å². The van der Waals surface area contributed by atoms with Gasteiger partial charge in [0, 0.05) is 34.9 Å². The van der Waals surface area contributed by atoms with Gasteiger partial charge in [0.1, 0.15) is 12.4 Å². The van der Waals surface area contributed by atoms with Crippen LogP contribution in [-0.2, 0) is 21.2 Å². The Labute approximate surface area is 176 Å². The SMILES string of the molecule is O=C(Cn1cc(C(=O)c2ccc(F)cc2)c2ccnc(Cl)c21)N[C@H]1CCS(=O)(=O)C1. The first kappa shape index (κ1) is 20.5. The van der Waals surface area contributed by atoms with Crippen molar-refractivity contribution in [2.75, 3.05) is 11.5 Å². The Morgan fingerprint density at radius 1 is 1.23 bits per heavy atom. The highest BCUT2D eigenvalue weighted by atomic mass is 35.5. The predicted octanol–water partition coefficient (Wildman–Crippen LogP) is 2.36. The molecule has 3 heterocycles. The van der Waals surface area contributed by atoms with Gasteiger partial charge in [-0.05, 0) is 36.8 Å². The van der Waals surface area contributed by atoms with Crippen LogP contribution in [0.15, 0.2) is 42.7 Å². The Kier molecular flexibility index (Phi) is 5.33. The number of carbonyl (C=O) groups is 2. The third-order valence-electron chi connectivity index (χ3n) is 5.00. The van der Waals surface area contributed by atoms with Crippen molar-refractivity contribution in [1.82, 2.24) is 14.9 Å². The number of fused-ring (bicyclic) bond motifs is 1. The van der Waals surface area contributed by atoms with Gasteiger partial charge in [0.25, 0.3) is 0 Å². The maximum Gasteiger partial charge on any atom is 0.240 e. The Bertz CT molecular complexity index is 1260. The molecule has 0 saturated carbocycles. The second-order valence-corrected chi connectivity index (χ2v) is 9.76. The maximum absolute atomic E-state index is 13.2. The van der Waals surface area contributed by atoms with E-state index in [-0.39, 0.29) is 29.0 Å². The summed E-state index contributed by atoms with van der Waals surface area (Å²) in [6.07, 6.45) is 3.34. The van der Waals surface area contributed by atoms with Crippen LogP contribution in [0.2, 0.25) is 5.15 Å². The van der Waals surface area contributed by atoms with E-state index in [9.17, 15) is 22.4 Å². The topological polar surface area (TPSA) is 98.1 Å². The summed E-state index contributed by atoms with van der Waals surface area (Å²) in [5.41, 5.74) is 1.01. The fraction of sp³-hybridized carbons (Fsp3) is 0.250. The van der Waals surface area contributed by atoms with Crippen LogP contribution in [0.5, 0.6) is 0 Å². The summed E-state index contributed by atoms with van der Waals surface area (Å²) in [7, 11) is -3.12. The average Bonchev–Trinajstić information content (AvgIpc) is 3.22. The molecule has 1 aromatic carbocycles. The smallest absolute Gasteiger partial charge is 0.240 e. The van der Waals surface area contributed by atoms with Gasteiger partial charge in [-0.1, -0.05) is 11.6 Å². The molecule has 0 bridgehead atoms. The molecule has 4 rings (SSSR count). The zero-order chi connectivity index (χ0) is 21.5. The first-order chi connectivity index (χ1) is 14.2. The van der Waals surface area contributed by atoms with Crippen LogP contribution in [0, 0.1) is 5.82 Å². The summed E-state index contributed by atoms with van der Waals surface area (Å²) in [6, 6.07) is 6.36. The molecular formula is C20H17ClFN3O4S. The number of halogens is 2. The van der Waals surface area contributed by atoms with E-state index in [0.717, 1.165) is 0 Å².